The number of hydrogen-bond donors (Lipinski definition) is 0. The van der Waals surface area contributed by atoms with Crippen LogP contribution >= 0.6 is 46.1 Å². The van der Waals surface area contributed by atoms with E-state index in [0.717, 1.165) is 16.4 Å². The molecule has 1 aliphatic rings. The number of anilines is 1. The summed E-state index contributed by atoms with van der Waals surface area (Å²) in [7, 11) is -2.28. The minimum absolute atomic E-state index is 0.0809. The summed E-state index contributed by atoms with van der Waals surface area (Å²) >= 11 is 19.8. The second kappa shape index (κ2) is 9.75. The van der Waals surface area contributed by atoms with Gasteiger partial charge in [-0.1, -0.05) is 40.9 Å². The van der Waals surface area contributed by atoms with Crippen LogP contribution in [-0.4, -0.2) is 51.0 Å². The third-order valence-corrected chi connectivity index (χ3v) is 8.87. The van der Waals surface area contributed by atoms with Crippen molar-refractivity contribution >= 4 is 61.3 Å². The van der Waals surface area contributed by atoms with E-state index in [2.05, 4.69) is 4.90 Å². The summed E-state index contributed by atoms with van der Waals surface area (Å²) < 4.78 is 33.0. The Hall–Kier alpha value is -1.55. The monoisotopic (exact) mass is 531 g/mol. The molecule has 0 aliphatic carbocycles. The minimum atomic E-state index is -3.72. The summed E-state index contributed by atoms with van der Waals surface area (Å²) in [5.41, 5.74) is 1.87. The fourth-order valence-electron chi connectivity index (χ4n) is 3.49. The molecule has 0 amide bonds. The van der Waals surface area contributed by atoms with E-state index < -0.39 is 10.0 Å². The van der Waals surface area contributed by atoms with Crippen LogP contribution in [0, 0.1) is 0 Å². The van der Waals surface area contributed by atoms with E-state index in [1.807, 2.05) is 17.5 Å². The van der Waals surface area contributed by atoms with Gasteiger partial charge < -0.3 is 9.64 Å². The van der Waals surface area contributed by atoms with Gasteiger partial charge in [0, 0.05) is 53.0 Å². The van der Waals surface area contributed by atoms with E-state index in [1.165, 1.54) is 28.8 Å². The highest BCUT2D eigenvalue weighted by Gasteiger charge is 2.31. The molecule has 3 aromatic rings. The number of halogens is 3. The molecular weight excluding hydrogens is 513 g/mol. The van der Waals surface area contributed by atoms with Crippen molar-refractivity contribution in [3.8, 4) is 5.75 Å². The van der Waals surface area contributed by atoms with Crippen LogP contribution in [0.1, 0.15) is 11.3 Å². The first-order valence-electron chi connectivity index (χ1n) is 9.75. The van der Waals surface area contributed by atoms with Gasteiger partial charge in [0.15, 0.2) is 5.13 Å². The second-order valence-electron chi connectivity index (χ2n) is 7.22. The number of benzene rings is 2. The maximum atomic E-state index is 13.2. The van der Waals surface area contributed by atoms with Crippen LogP contribution in [0.3, 0.4) is 0 Å². The largest absolute Gasteiger partial charge is 0.495 e. The van der Waals surface area contributed by atoms with Crippen LogP contribution in [-0.2, 0) is 16.4 Å². The third-order valence-electron chi connectivity index (χ3n) is 5.18. The average Bonchev–Trinajstić information content (AvgIpc) is 3.24. The molecule has 1 aromatic heterocycles. The maximum absolute atomic E-state index is 13.2. The minimum Gasteiger partial charge on any atom is -0.495 e. The predicted octanol–water partition coefficient (Wildman–Crippen LogP) is 5.21. The zero-order valence-corrected chi connectivity index (χ0v) is 21.0. The van der Waals surface area contributed by atoms with Crippen LogP contribution in [0.2, 0.25) is 15.1 Å². The van der Waals surface area contributed by atoms with Crippen LogP contribution < -0.4 is 9.64 Å². The number of methoxy groups -OCH3 is 1. The molecule has 170 valence electrons. The highest BCUT2D eigenvalue weighted by molar-refractivity contribution is 7.89. The second-order valence-corrected chi connectivity index (χ2v) is 11.2. The van der Waals surface area contributed by atoms with Gasteiger partial charge in [-0.25, -0.2) is 13.4 Å². The van der Waals surface area contributed by atoms with E-state index >= 15 is 0 Å². The van der Waals surface area contributed by atoms with Gasteiger partial charge in [-0.05, 0) is 35.9 Å². The molecule has 1 aliphatic heterocycles. The number of nitrogens with zero attached hydrogens (tertiary/aromatic N) is 3. The quantitative estimate of drug-likeness (QED) is 0.436. The van der Waals surface area contributed by atoms with Crippen molar-refractivity contribution in [2.45, 2.75) is 11.3 Å². The fraction of sp³-hybridized carbons (Fsp3) is 0.286. The van der Waals surface area contributed by atoms with Crippen molar-refractivity contribution in [3.05, 3.63) is 68.1 Å². The first-order chi connectivity index (χ1) is 15.3. The van der Waals surface area contributed by atoms with Crippen LogP contribution in [0.5, 0.6) is 5.75 Å². The number of piperazine rings is 1. The molecule has 6 nitrogen and oxygen atoms in total. The highest BCUT2D eigenvalue weighted by Crippen LogP contribution is 2.31. The molecule has 0 atom stereocenters. The molecule has 0 bridgehead atoms. The van der Waals surface area contributed by atoms with Crippen molar-refractivity contribution in [2.24, 2.45) is 0 Å². The SMILES string of the molecule is COc1ccc(Cl)cc1S(=O)(=O)N1CCN(c2nc(Cc3ccc(Cl)cc3Cl)cs2)CC1. The van der Waals surface area contributed by atoms with Crippen LogP contribution in [0.4, 0.5) is 5.13 Å². The Balaban J connectivity index is 1.44. The van der Waals surface area contributed by atoms with Crippen LogP contribution in [0.15, 0.2) is 46.7 Å². The van der Waals surface area contributed by atoms with E-state index in [9.17, 15) is 8.42 Å². The lowest BCUT2D eigenvalue weighted by Gasteiger charge is -2.34. The van der Waals surface area contributed by atoms with E-state index in [-0.39, 0.29) is 10.6 Å². The topological polar surface area (TPSA) is 62.7 Å². The molecule has 0 unspecified atom stereocenters. The molecule has 2 aromatic carbocycles. The molecule has 0 saturated carbocycles. The Morgan fingerprint density at radius 2 is 1.72 bits per heavy atom. The van der Waals surface area contributed by atoms with E-state index in [4.69, 9.17) is 44.5 Å². The summed E-state index contributed by atoms with van der Waals surface area (Å²) in [6.07, 6.45) is 0.607. The third kappa shape index (κ3) is 5.00. The average molecular weight is 533 g/mol. The Morgan fingerprint density at radius 3 is 2.41 bits per heavy atom. The normalized spacial score (nSPS) is 15.2. The lowest BCUT2D eigenvalue weighted by atomic mass is 10.1. The molecule has 1 saturated heterocycles. The number of ether oxygens (including phenoxy) is 1. The zero-order chi connectivity index (χ0) is 22.9. The number of sulfonamides is 1. The Labute approximate surface area is 206 Å². The van der Waals surface area contributed by atoms with E-state index in [0.29, 0.717) is 47.7 Å². The Bertz CT molecular complexity index is 1230. The van der Waals surface area contributed by atoms with Crippen molar-refractivity contribution in [1.29, 1.82) is 0 Å². The van der Waals surface area contributed by atoms with Gasteiger partial charge in [0.2, 0.25) is 10.0 Å². The van der Waals surface area contributed by atoms with Gasteiger partial charge in [0.05, 0.1) is 12.8 Å². The number of hydrogen-bond acceptors (Lipinski definition) is 6. The summed E-state index contributed by atoms with van der Waals surface area (Å²) in [5.74, 6) is 0.280. The molecule has 2 heterocycles. The van der Waals surface area contributed by atoms with Gasteiger partial charge in [-0.15, -0.1) is 11.3 Å². The first kappa shape index (κ1) is 23.6. The van der Waals surface area contributed by atoms with Gasteiger partial charge in [0.25, 0.3) is 0 Å². The number of aromatic nitrogens is 1. The van der Waals surface area contributed by atoms with Gasteiger partial charge in [0.1, 0.15) is 10.6 Å². The molecule has 0 spiro atoms. The first-order valence-corrected chi connectivity index (χ1v) is 13.2. The number of rotatable bonds is 6. The molecule has 0 radical (unpaired) electrons. The van der Waals surface area contributed by atoms with E-state index in [1.54, 1.807) is 18.2 Å². The molecule has 32 heavy (non-hydrogen) atoms. The standard InChI is InChI=1S/C21H20Cl3N3O3S2/c1-30-19-5-4-16(23)12-20(19)32(28,29)27-8-6-26(7-9-27)21-25-17(13-31-21)10-14-2-3-15(22)11-18(14)24/h2-5,11-13H,6-10H2,1H3. The van der Waals surface area contributed by atoms with Crippen molar-refractivity contribution in [1.82, 2.24) is 9.29 Å². The zero-order valence-electron chi connectivity index (χ0n) is 17.1. The fourth-order valence-corrected chi connectivity index (χ4v) is 6.69. The van der Waals surface area contributed by atoms with Crippen molar-refractivity contribution in [3.63, 3.8) is 0 Å². The summed E-state index contributed by atoms with van der Waals surface area (Å²) in [6, 6.07) is 10.0. The van der Waals surface area contributed by atoms with Crippen molar-refractivity contribution in [2.75, 3.05) is 38.2 Å². The van der Waals surface area contributed by atoms with Gasteiger partial charge >= 0.3 is 0 Å². The highest BCUT2D eigenvalue weighted by atomic mass is 35.5. The molecule has 4 rings (SSSR count). The number of thiazole rings is 1. The van der Waals surface area contributed by atoms with Gasteiger partial charge in [-0.3, -0.25) is 0 Å². The maximum Gasteiger partial charge on any atom is 0.246 e. The van der Waals surface area contributed by atoms with Crippen LogP contribution in [0.25, 0.3) is 0 Å². The Kier molecular flexibility index (Phi) is 7.19. The predicted molar refractivity (Wildman–Crippen MR) is 130 cm³/mol. The van der Waals surface area contributed by atoms with Crippen molar-refractivity contribution < 1.29 is 13.2 Å². The molecule has 0 N–H and O–H groups in total. The molecule has 11 heteroatoms. The lowest BCUT2D eigenvalue weighted by molar-refractivity contribution is 0.374. The summed E-state index contributed by atoms with van der Waals surface area (Å²) in [4.78, 5) is 6.90. The summed E-state index contributed by atoms with van der Waals surface area (Å²) in [5, 5.41) is 4.42. The lowest BCUT2D eigenvalue weighted by Crippen LogP contribution is -2.48. The molecule has 1 fully saturated rings. The summed E-state index contributed by atoms with van der Waals surface area (Å²) in [6.45, 7) is 1.76. The molecular formula is C21H20Cl3N3O3S2. The van der Waals surface area contributed by atoms with Gasteiger partial charge in [-0.2, -0.15) is 4.31 Å². The smallest absolute Gasteiger partial charge is 0.246 e. The Morgan fingerprint density at radius 1 is 1.03 bits per heavy atom.